The maximum atomic E-state index is 11.3. The molecule has 0 rings (SSSR count). The normalized spacial score (nSPS) is 17.4. The number of halogens is 2. The first-order valence-corrected chi connectivity index (χ1v) is 5.48. The van der Waals surface area contributed by atoms with Gasteiger partial charge in [0.2, 0.25) is 5.91 Å². The van der Waals surface area contributed by atoms with Gasteiger partial charge in [-0.15, -0.1) is 0 Å². The Labute approximate surface area is 101 Å². The first-order chi connectivity index (χ1) is 6.78. The molecule has 2 N–H and O–H groups in total. The number of amides is 1. The smallest absolute Gasteiger partial charge is 0.223 e. The molecule has 0 aromatic heterocycles. The second-order valence-corrected chi connectivity index (χ2v) is 5.11. The number of primary amides is 1. The Morgan fingerprint density at radius 1 is 1.20 bits per heavy atom. The molecule has 0 spiro atoms. The molecule has 2 nitrogen and oxygen atoms in total. The molecule has 1 amide bonds. The lowest BCUT2D eigenvalue weighted by Crippen LogP contribution is -2.33. The van der Waals surface area contributed by atoms with Crippen LogP contribution in [0, 0.1) is 5.41 Å². The van der Waals surface area contributed by atoms with E-state index in [1.807, 2.05) is 6.92 Å². The van der Waals surface area contributed by atoms with Gasteiger partial charge in [-0.2, -0.15) is 0 Å². The molecule has 86 valence electrons. The van der Waals surface area contributed by atoms with Crippen molar-refractivity contribution in [1.82, 2.24) is 0 Å². The minimum absolute atomic E-state index is 0.342. The van der Waals surface area contributed by atoms with Gasteiger partial charge in [0.1, 0.15) is 0 Å². The van der Waals surface area contributed by atoms with Gasteiger partial charge in [-0.25, -0.2) is 0 Å². The van der Waals surface area contributed by atoms with E-state index in [0.29, 0.717) is 22.9 Å². The van der Waals surface area contributed by atoms with E-state index >= 15 is 0 Å². The predicted molar refractivity (Wildman–Crippen MR) is 65.8 cm³/mol. The molecule has 0 unspecified atom stereocenters. The molecule has 0 aromatic carbocycles. The molecule has 0 radical (unpaired) electrons. The lowest BCUT2D eigenvalue weighted by Gasteiger charge is -2.23. The number of rotatable bonds is 5. The van der Waals surface area contributed by atoms with Crippen LogP contribution in [0.4, 0.5) is 0 Å². The molecule has 0 saturated heterocycles. The molecule has 0 aliphatic heterocycles. The number of carbonyl (C=O) groups is 1. The molecule has 0 saturated carbocycles. The Balaban J connectivity index is 4.68. The van der Waals surface area contributed by atoms with E-state index < -0.39 is 5.41 Å². The van der Waals surface area contributed by atoms with Crippen molar-refractivity contribution in [3.63, 3.8) is 0 Å². The Morgan fingerprint density at radius 2 is 1.53 bits per heavy atom. The van der Waals surface area contributed by atoms with Crippen LogP contribution in [0.15, 0.2) is 22.2 Å². The van der Waals surface area contributed by atoms with Crippen molar-refractivity contribution >= 4 is 29.1 Å². The van der Waals surface area contributed by atoms with Crippen molar-refractivity contribution in [3.8, 4) is 0 Å². The molecule has 0 bridgehead atoms. The maximum absolute atomic E-state index is 11.3. The number of hydrogen-bond acceptors (Lipinski definition) is 1. The molecule has 0 aliphatic rings. The Hall–Kier alpha value is -0.470. The summed E-state index contributed by atoms with van der Waals surface area (Å²) in [7, 11) is 0. The van der Waals surface area contributed by atoms with Crippen LogP contribution < -0.4 is 5.73 Å². The van der Waals surface area contributed by atoms with Gasteiger partial charge < -0.3 is 5.73 Å². The number of allylic oxidation sites excluding steroid dienone is 4. The second-order valence-electron chi connectivity index (χ2n) is 3.91. The molecular weight excluding hydrogens is 233 g/mol. The maximum Gasteiger partial charge on any atom is 0.223 e. The van der Waals surface area contributed by atoms with Crippen molar-refractivity contribution in [2.24, 2.45) is 11.1 Å². The first kappa shape index (κ1) is 14.5. The average molecular weight is 250 g/mol. The summed E-state index contributed by atoms with van der Waals surface area (Å²) in [6.45, 7) is 5.35. The fourth-order valence-electron chi connectivity index (χ4n) is 1.02. The molecule has 0 atom stereocenters. The van der Waals surface area contributed by atoms with Crippen LogP contribution in [0.3, 0.4) is 0 Å². The third kappa shape index (κ3) is 5.85. The summed E-state index contributed by atoms with van der Waals surface area (Å²) in [4.78, 5) is 11.3. The summed E-state index contributed by atoms with van der Waals surface area (Å²) in [6.07, 6.45) is 4.64. The van der Waals surface area contributed by atoms with Crippen LogP contribution in [0.1, 0.15) is 33.6 Å². The largest absolute Gasteiger partial charge is 0.369 e. The molecule has 0 aliphatic carbocycles. The summed E-state index contributed by atoms with van der Waals surface area (Å²) in [5.74, 6) is -0.342. The number of nitrogens with two attached hydrogens (primary N) is 1. The van der Waals surface area contributed by atoms with Crippen LogP contribution >= 0.6 is 23.2 Å². The highest BCUT2D eigenvalue weighted by Gasteiger charge is 2.28. The molecular formula is C11H17Cl2NO. The minimum Gasteiger partial charge on any atom is -0.369 e. The van der Waals surface area contributed by atoms with Gasteiger partial charge in [0.15, 0.2) is 0 Å². The van der Waals surface area contributed by atoms with Gasteiger partial charge in [-0.05, 0) is 26.7 Å². The van der Waals surface area contributed by atoms with E-state index in [4.69, 9.17) is 28.9 Å². The zero-order valence-electron chi connectivity index (χ0n) is 9.31. The summed E-state index contributed by atoms with van der Waals surface area (Å²) in [5.41, 5.74) is 4.74. The zero-order valence-corrected chi connectivity index (χ0v) is 10.8. The van der Waals surface area contributed by atoms with Crippen molar-refractivity contribution in [3.05, 3.63) is 22.2 Å². The van der Waals surface area contributed by atoms with Gasteiger partial charge in [0.25, 0.3) is 0 Å². The quantitative estimate of drug-likeness (QED) is 0.796. The molecule has 15 heavy (non-hydrogen) atoms. The van der Waals surface area contributed by atoms with Crippen LogP contribution in [0.2, 0.25) is 0 Å². The SMILES string of the molecule is CC(Cl)=CCC(C)(CC=C(C)Cl)C(N)=O. The van der Waals surface area contributed by atoms with E-state index in [9.17, 15) is 4.79 Å². The molecule has 0 fully saturated rings. The van der Waals surface area contributed by atoms with Crippen molar-refractivity contribution < 1.29 is 4.79 Å². The van der Waals surface area contributed by atoms with Crippen molar-refractivity contribution in [1.29, 1.82) is 0 Å². The molecule has 4 heteroatoms. The number of hydrogen-bond donors (Lipinski definition) is 1. The summed E-state index contributed by atoms with van der Waals surface area (Å²) in [6, 6.07) is 0. The zero-order chi connectivity index (χ0) is 12.1. The van der Waals surface area contributed by atoms with E-state index in [0.717, 1.165) is 0 Å². The van der Waals surface area contributed by atoms with Gasteiger partial charge in [-0.3, -0.25) is 4.79 Å². The fraction of sp³-hybridized carbons (Fsp3) is 0.545. The van der Waals surface area contributed by atoms with E-state index in [1.54, 1.807) is 26.0 Å². The average Bonchev–Trinajstić information content (AvgIpc) is 2.11. The lowest BCUT2D eigenvalue weighted by molar-refractivity contribution is -0.126. The fourth-order valence-corrected chi connectivity index (χ4v) is 1.17. The summed E-state index contributed by atoms with van der Waals surface area (Å²) >= 11 is 11.4. The monoisotopic (exact) mass is 249 g/mol. The standard InChI is InChI=1S/C11H17Cl2NO/c1-8(12)4-6-11(3,10(14)15)7-5-9(2)13/h4-5H,6-7H2,1-3H3,(H2,14,15). The Bertz CT molecular complexity index is 267. The Kier molecular flexibility index (Phi) is 5.99. The predicted octanol–water partition coefficient (Wildman–Crippen LogP) is 3.54. The van der Waals surface area contributed by atoms with Crippen LogP contribution in [-0.2, 0) is 4.79 Å². The molecule has 0 heterocycles. The van der Waals surface area contributed by atoms with Crippen LogP contribution in [0.25, 0.3) is 0 Å². The lowest BCUT2D eigenvalue weighted by atomic mass is 9.82. The summed E-state index contributed by atoms with van der Waals surface area (Å²) in [5, 5.41) is 1.32. The minimum atomic E-state index is -0.619. The van der Waals surface area contributed by atoms with Crippen LogP contribution in [-0.4, -0.2) is 5.91 Å². The van der Waals surface area contributed by atoms with E-state index in [2.05, 4.69) is 0 Å². The van der Waals surface area contributed by atoms with Crippen LogP contribution in [0.5, 0.6) is 0 Å². The van der Waals surface area contributed by atoms with E-state index in [-0.39, 0.29) is 5.91 Å². The van der Waals surface area contributed by atoms with Gasteiger partial charge in [-0.1, -0.05) is 42.3 Å². The third-order valence-electron chi connectivity index (χ3n) is 2.26. The third-order valence-corrected chi connectivity index (χ3v) is 2.57. The summed E-state index contributed by atoms with van der Waals surface area (Å²) < 4.78 is 0. The van der Waals surface area contributed by atoms with Gasteiger partial charge in [0.05, 0.1) is 5.41 Å². The van der Waals surface area contributed by atoms with Gasteiger partial charge >= 0.3 is 0 Å². The van der Waals surface area contributed by atoms with Crippen molar-refractivity contribution in [2.75, 3.05) is 0 Å². The highest BCUT2D eigenvalue weighted by Crippen LogP contribution is 2.28. The highest BCUT2D eigenvalue weighted by molar-refractivity contribution is 6.29. The second kappa shape index (κ2) is 6.19. The molecule has 0 aromatic rings. The van der Waals surface area contributed by atoms with E-state index in [1.165, 1.54) is 0 Å². The first-order valence-electron chi connectivity index (χ1n) is 4.72. The topological polar surface area (TPSA) is 43.1 Å². The van der Waals surface area contributed by atoms with Crippen molar-refractivity contribution in [2.45, 2.75) is 33.6 Å². The van der Waals surface area contributed by atoms with Gasteiger partial charge in [0, 0.05) is 10.1 Å². The highest BCUT2D eigenvalue weighted by atomic mass is 35.5. The Morgan fingerprint density at radius 3 is 1.73 bits per heavy atom. The number of carbonyl (C=O) groups excluding carboxylic acids is 1.